The maximum absolute atomic E-state index is 12.1. The van der Waals surface area contributed by atoms with Gasteiger partial charge in [-0.3, -0.25) is 9.59 Å². The summed E-state index contributed by atoms with van der Waals surface area (Å²) in [6, 6.07) is 5.65. The van der Waals surface area contributed by atoms with Crippen molar-refractivity contribution in [3.05, 3.63) is 45.2 Å². The van der Waals surface area contributed by atoms with Gasteiger partial charge < -0.3 is 10.3 Å². The van der Waals surface area contributed by atoms with E-state index in [4.69, 9.17) is 0 Å². The number of pyridine rings is 1. The van der Waals surface area contributed by atoms with Crippen LogP contribution in [0.1, 0.15) is 23.1 Å². The van der Waals surface area contributed by atoms with Crippen LogP contribution in [0.25, 0.3) is 10.9 Å². The van der Waals surface area contributed by atoms with E-state index in [2.05, 4.69) is 10.3 Å². The van der Waals surface area contributed by atoms with Crippen LogP contribution in [-0.4, -0.2) is 31.3 Å². The Morgan fingerprint density at radius 3 is 2.48 bits per heavy atom. The maximum atomic E-state index is 12.1. The zero-order valence-corrected chi connectivity index (χ0v) is 14.2. The van der Waals surface area contributed by atoms with Crippen LogP contribution in [0.3, 0.4) is 0 Å². The molecule has 0 atom stereocenters. The predicted molar refractivity (Wildman–Crippen MR) is 90.2 cm³/mol. The first-order valence-electron chi connectivity index (χ1n) is 7.23. The molecule has 0 fully saturated rings. The molecular weight excluding hydrogens is 316 g/mol. The molecule has 1 aromatic carbocycles. The Bertz CT molecular complexity index is 914. The first-order chi connectivity index (χ1) is 10.7. The number of rotatable bonds is 5. The Morgan fingerprint density at radius 1 is 1.17 bits per heavy atom. The van der Waals surface area contributed by atoms with Crippen molar-refractivity contribution in [1.29, 1.82) is 0 Å². The first-order valence-corrected chi connectivity index (χ1v) is 9.29. The second-order valence-corrected chi connectivity index (χ2v) is 8.06. The normalized spacial score (nSPS) is 11.6. The maximum Gasteiger partial charge on any atom is 0.253 e. The standard InChI is InChI=1S/C16H20N2O4S/c1-10-6-12-8-13(16(20)18-14(12)7-11(10)2)9-17-15(19)4-5-23(3,21)22/h6-8H,4-5,9H2,1-3H3,(H,17,19)(H,18,20). The Kier molecular flexibility index (Phi) is 4.89. The van der Waals surface area contributed by atoms with Gasteiger partial charge in [0.05, 0.1) is 5.75 Å². The number of hydrogen-bond donors (Lipinski definition) is 2. The largest absolute Gasteiger partial charge is 0.352 e. The van der Waals surface area contributed by atoms with Crippen LogP contribution in [0.4, 0.5) is 0 Å². The summed E-state index contributed by atoms with van der Waals surface area (Å²) in [5.41, 5.74) is 3.14. The van der Waals surface area contributed by atoms with E-state index in [1.807, 2.05) is 26.0 Å². The second-order valence-electron chi connectivity index (χ2n) is 5.80. The minimum atomic E-state index is -3.18. The lowest BCUT2D eigenvalue weighted by molar-refractivity contribution is -0.120. The van der Waals surface area contributed by atoms with Crippen molar-refractivity contribution in [1.82, 2.24) is 10.3 Å². The lowest BCUT2D eigenvalue weighted by atomic mass is 10.0. The summed E-state index contributed by atoms with van der Waals surface area (Å²) in [7, 11) is -3.18. The third kappa shape index (κ3) is 4.66. The number of carbonyl (C=O) groups excluding carboxylic acids is 1. The number of nitrogens with one attached hydrogen (secondary N) is 2. The van der Waals surface area contributed by atoms with Gasteiger partial charge in [0.25, 0.3) is 5.56 Å². The molecule has 7 heteroatoms. The van der Waals surface area contributed by atoms with E-state index in [1.54, 1.807) is 6.07 Å². The highest BCUT2D eigenvalue weighted by atomic mass is 32.2. The Labute approximate surface area is 134 Å². The highest BCUT2D eigenvalue weighted by Crippen LogP contribution is 2.17. The van der Waals surface area contributed by atoms with E-state index in [-0.39, 0.29) is 24.3 Å². The molecule has 2 N–H and O–H groups in total. The average molecular weight is 336 g/mol. The molecule has 0 aliphatic rings. The number of benzene rings is 1. The van der Waals surface area contributed by atoms with Gasteiger partial charge >= 0.3 is 0 Å². The fraction of sp³-hybridized carbons (Fsp3) is 0.375. The molecule has 124 valence electrons. The second kappa shape index (κ2) is 6.54. The predicted octanol–water partition coefficient (Wildman–Crippen LogP) is 1.20. The molecule has 1 heterocycles. The molecule has 0 radical (unpaired) electrons. The van der Waals surface area contributed by atoms with Gasteiger partial charge in [0.1, 0.15) is 9.84 Å². The van der Waals surface area contributed by atoms with Gasteiger partial charge in [-0.15, -0.1) is 0 Å². The molecule has 0 saturated heterocycles. The van der Waals surface area contributed by atoms with Crippen LogP contribution in [0.15, 0.2) is 23.0 Å². The van der Waals surface area contributed by atoms with Crippen LogP contribution in [0, 0.1) is 13.8 Å². The molecule has 0 bridgehead atoms. The molecule has 1 amide bonds. The topological polar surface area (TPSA) is 96.1 Å². The van der Waals surface area contributed by atoms with E-state index < -0.39 is 15.7 Å². The number of fused-ring (bicyclic) bond motifs is 1. The number of carbonyl (C=O) groups is 1. The van der Waals surface area contributed by atoms with Crippen molar-refractivity contribution in [3.8, 4) is 0 Å². The van der Waals surface area contributed by atoms with Gasteiger partial charge in [-0.25, -0.2) is 8.42 Å². The zero-order valence-electron chi connectivity index (χ0n) is 13.4. The Hall–Kier alpha value is -2.15. The van der Waals surface area contributed by atoms with Crippen LogP contribution in [-0.2, 0) is 21.2 Å². The number of hydrogen-bond acceptors (Lipinski definition) is 4. The molecule has 23 heavy (non-hydrogen) atoms. The van der Waals surface area contributed by atoms with Crippen molar-refractivity contribution < 1.29 is 13.2 Å². The minimum absolute atomic E-state index is 0.0702. The average Bonchev–Trinajstić information content (AvgIpc) is 2.44. The minimum Gasteiger partial charge on any atom is -0.352 e. The first kappa shape index (κ1) is 17.2. The number of aryl methyl sites for hydroxylation is 2. The summed E-state index contributed by atoms with van der Waals surface area (Å²) in [5, 5.41) is 3.48. The number of aromatic nitrogens is 1. The van der Waals surface area contributed by atoms with Crippen molar-refractivity contribution in [2.45, 2.75) is 26.8 Å². The smallest absolute Gasteiger partial charge is 0.253 e. The number of amides is 1. The molecule has 0 aliphatic heterocycles. The Morgan fingerprint density at radius 2 is 1.83 bits per heavy atom. The van der Waals surface area contributed by atoms with Crippen molar-refractivity contribution >= 4 is 26.6 Å². The van der Waals surface area contributed by atoms with E-state index in [0.717, 1.165) is 28.3 Å². The summed E-state index contributed by atoms with van der Waals surface area (Å²) in [5.74, 6) is -0.597. The zero-order chi connectivity index (χ0) is 17.2. The molecular formula is C16H20N2O4S. The summed E-state index contributed by atoms with van der Waals surface area (Å²) in [6.45, 7) is 4.04. The van der Waals surface area contributed by atoms with Crippen LogP contribution in [0.5, 0.6) is 0 Å². The molecule has 0 spiro atoms. The Balaban J connectivity index is 2.14. The summed E-state index contributed by atoms with van der Waals surface area (Å²) >= 11 is 0. The molecule has 1 aromatic heterocycles. The molecule has 6 nitrogen and oxygen atoms in total. The molecule has 2 rings (SSSR count). The molecule has 0 aliphatic carbocycles. The lowest BCUT2D eigenvalue weighted by Gasteiger charge is -2.08. The fourth-order valence-electron chi connectivity index (χ4n) is 2.21. The number of H-pyrrole nitrogens is 1. The monoisotopic (exact) mass is 336 g/mol. The third-order valence-corrected chi connectivity index (χ3v) is 4.66. The van der Waals surface area contributed by atoms with Gasteiger partial charge in [-0.2, -0.15) is 0 Å². The van der Waals surface area contributed by atoms with E-state index in [9.17, 15) is 18.0 Å². The highest BCUT2D eigenvalue weighted by Gasteiger charge is 2.09. The summed E-state index contributed by atoms with van der Waals surface area (Å²) in [4.78, 5) is 26.5. The molecule has 2 aromatic rings. The number of sulfone groups is 1. The molecule has 0 unspecified atom stereocenters. The SMILES string of the molecule is Cc1cc2cc(CNC(=O)CCS(C)(=O)=O)c(=O)[nH]c2cc1C. The van der Waals surface area contributed by atoms with Crippen molar-refractivity contribution in [3.63, 3.8) is 0 Å². The van der Waals surface area contributed by atoms with Crippen LogP contribution in [0.2, 0.25) is 0 Å². The van der Waals surface area contributed by atoms with Gasteiger partial charge in [-0.05, 0) is 48.6 Å². The molecule has 0 saturated carbocycles. The van der Waals surface area contributed by atoms with Crippen LogP contribution >= 0.6 is 0 Å². The summed E-state index contributed by atoms with van der Waals surface area (Å²) < 4.78 is 22.1. The third-order valence-electron chi connectivity index (χ3n) is 3.71. The highest BCUT2D eigenvalue weighted by molar-refractivity contribution is 7.90. The number of aromatic amines is 1. The quantitative estimate of drug-likeness (QED) is 0.857. The van der Waals surface area contributed by atoms with Crippen LogP contribution < -0.4 is 10.9 Å². The lowest BCUT2D eigenvalue weighted by Crippen LogP contribution is -2.28. The summed E-state index contributed by atoms with van der Waals surface area (Å²) in [6.07, 6.45) is 0.973. The van der Waals surface area contributed by atoms with E-state index in [0.29, 0.717) is 5.56 Å². The van der Waals surface area contributed by atoms with Gasteiger partial charge in [-0.1, -0.05) is 0 Å². The fourth-order valence-corrected chi connectivity index (χ4v) is 2.77. The van der Waals surface area contributed by atoms with Crippen molar-refractivity contribution in [2.75, 3.05) is 12.0 Å². The van der Waals surface area contributed by atoms with Gasteiger partial charge in [0.2, 0.25) is 5.91 Å². The van der Waals surface area contributed by atoms with Crippen molar-refractivity contribution in [2.24, 2.45) is 0 Å². The van der Waals surface area contributed by atoms with E-state index >= 15 is 0 Å². The van der Waals surface area contributed by atoms with Gasteiger partial charge in [0.15, 0.2) is 0 Å². The van der Waals surface area contributed by atoms with Gasteiger partial charge in [0, 0.05) is 30.3 Å². The van der Waals surface area contributed by atoms with E-state index in [1.165, 1.54) is 0 Å².